The number of aromatic nitrogens is 3. The highest BCUT2D eigenvalue weighted by Gasteiger charge is 2.25. The zero-order chi connectivity index (χ0) is 18.5. The zero-order valence-corrected chi connectivity index (χ0v) is 19.3. The molecule has 3 heterocycles. The van der Waals surface area contributed by atoms with E-state index in [0.29, 0.717) is 18.1 Å². The van der Waals surface area contributed by atoms with Gasteiger partial charge in [-0.1, -0.05) is 6.92 Å². The van der Waals surface area contributed by atoms with Crippen LogP contribution in [0.3, 0.4) is 0 Å². The van der Waals surface area contributed by atoms with Gasteiger partial charge in [-0.05, 0) is 20.3 Å². The van der Waals surface area contributed by atoms with Gasteiger partial charge in [-0.15, -0.1) is 24.0 Å². The summed E-state index contributed by atoms with van der Waals surface area (Å²) in [4.78, 5) is 11.5. The molecule has 2 aliphatic heterocycles. The Labute approximate surface area is 179 Å². The number of aliphatic imine (C=N–C) groups is 1. The molecule has 0 saturated carbocycles. The van der Waals surface area contributed by atoms with Crippen molar-refractivity contribution in [2.75, 3.05) is 33.4 Å². The van der Waals surface area contributed by atoms with Gasteiger partial charge in [-0.3, -0.25) is 9.89 Å². The van der Waals surface area contributed by atoms with Gasteiger partial charge in [0.2, 0.25) is 0 Å². The van der Waals surface area contributed by atoms with Crippen LogP contribution in [-0.4, -0.2) is 77.1 Å². The molecule has 0 radical (unpaired) electrons. The maximum Gasteiger partial charge on any atom is 0.191 e. The lowest BCUT2D eigenvalue weighted by molar-refractivity contribution is -0.0174. The first-order valence-electron chi connectivity index (χ1n) is 9.84. The van der Waals surface area contributed by atoms with Crippen molar-refractivity contribution in [2.45, 2.75) is 64.7 Å². The summed E-state index contributed by atoms with van der Waals surface area (Å²) in [5.74, 6) is 2.91. The number of hydrogen-bond acceptors (Lipinski definition) is 5. The predicted molar refractivity (Wildman–Crippen MR) is 118 cm³/mol. The Morgan fingerprint density at radius 2 is 2.26 bits per heavy atom. The highest BCUT2D eigenvalue weighted by atomic mass is 127. The van der Waals surface area contributed by atoms with Gasteiger partial charge in [-0.25, -0.2) is 9.67 Å². The van der Waals surface area contributed by atoms with Crippen molar-refractivity contribution in [2.24, 2.45) is 4.99 Å². The topological polar surface area (TPSA) is 79.6 Å². The number of nitrogens with one attached hydrogen (secondary N) is 2. The first kappa shape index (κ1) is 22.4. The molecule has 1 saturated heterocycles. The van der Waals surface area contributed by atoms with Gasteiger partial charge in [0.1, 0.15) is 5.82 Å². The lowest BCUT2D eigenvalue weighted by atomic mass is 10.1. The number of fused-ring (bicyclic) bond motifs is 1. The summed E-state index contributed by atoms with van der Waals surface area (Å²) in [6.45, 7) is 10.9. The van der Waals surface area contributed by atoms with Crippen LogP contribution in [-0.2, 0) is 24.1 Å². The average Bonchev–Trinajstić information content (AvgIpc) is 3.07. The van der Waals surface area contributed by atoms with Gasteiger partial charge in [0.15, 0.2) is 11.8 Å². The van der Waals surface area contributed by atoms with Crippen LogP contribution < -0.4 is 10.6 Å². The molecule has 3 unspecified atom stereocenters. The molecule has 2 N–H and O–H groups in total. The first-order chi connectivity index (χ1) is 12.6. The highest BCUT2D eigenvalue weighted by Crippen LogP contribution is 2.13. The second-order valence-electron chi connectivity index (χ2n) is 7.32. The second kappa shape index (κ2) is 10.6. The van der Waals surface area contributed by atoms with Crippen LogP contribution in [0, 0.1) is 0 Å². The van der Waals surface area contributed by atoms with E-state index in [9.17, 15) is 0 Å². The van der Waals surface area contributed by atoms with Crippen LogP contribution in [0.1, 0.15) is 38.8 Å². The van der Waals surface area contributed by atoms with Crippen molar-refractivity contribution in [3.8, 4) is 0 Å². The number of nitrogens with zero attached hydrogens (tertiary/aromatic N) is 5. The summed E-state index contributed by atoms with van der Waals surface area (Å²) in [5, 5.41) is 11.6. The summed E-state index contributed by atoms with van der Waals surface area (Å²) in [6, 6.07) is 1.23. The molecule has 0 bridgehead atoms. The normalized spacial score (nSPS) is 24.7. The van der Waals surface area contributed by atoms with E-state index in [-0.39, 0.29) is 24.0 Å². The number of morpholine rings is 1. The Balaban J connectivity index is 0.00000261. The van der Waals surface area contributed by atoms with Gasteiger partial charge in [-0.2, -0.15) is 5.10 Å². The fourth-order valence-corrected chi connectivity index (χ4v) is 3.77. The molecule has 1 aromatic heterocycles. The third kappa shape index (κ3) is 5.77. The minimum absolute atomic E-state index is 0. The standard InChI is InChI=1S/C18H33N7O.HI/c1-5-16-22-17-7-6-15(11-25(17)23-16)21-18(19-4)20-10-13(2)24-8-9-26-12-14(24)3;/h13-15H,5-12H2,1-4H3,(H2,19,20,21);1H. The Morgan fingerprint density at radius 1 is 1.44 bits per heavy atom. The molecule has 0 amide bonds. The van der Waals surface area contributed by atoms with Crippen molar-refractivity contribution < 1.29 is 4.74 Å². The Kier molecular flexibility index (Phi) is 8.74. The summed E-state index contributed by atoms with van der Waals surface area (Å²) in [7, 11) is 1.83. The molecule has 0 aliphatic carbocycles. The van der Waals surface area contributed by atoms with Crippen molar-refractivity contribution >= 4 is 29.9 Å². The van der Waals surface area contributed by atoms with Crippen LogP contribution in [0.2, 0.25) is 0 Å². The molecule has 8 nitrogen and oxygen atoms in total. The van der Waals surface area contributed by atoms with Crippen LogP contribution in [0.15, 0.2) is 4.99 Å². The zero-order valence-electron chi connectivity index (χ0n) is 16.9. The van der Waals surface area contributed by atoms with Crippen LogP contribution in [0.5, 0.6) is 0 Å². The van der Waals surface area contributed by atoms with Crippen LogP contribution in [0.25, 0.3) is 0 Å². The maximum atomic E-state index is 5.54. The van der Waals surface area contributed by atoms with Crippen molar-refractivity contribution in [3.63, 3.8) is 0 Å². The lowest BCUT2D eigenvalue weighted by Gasteiger charge is -2.38. The molecule has 0 spiro atoms. The third-order valence-electron chi connectivity index (χ3n) is 5.33. The number of hydrogen-bond donors (Lipinski definition) is 2. The summed E-state index contributed by atoms with van der Waals surface area (Å²) in [6.07, 6.45) is 2.90. The van der Waals surface area contributed by atoms with Gasteiger partial charge in [0.05, 0.1) is 19.8 Å². The van der Waals surface area contributed by atoms with Crippen LogP contribution >= 0.6 is 24.0 Å². The fraction of sp³-hybridized carbons (Fsp3) is 0.833. The maximum absolute atomic E-state index is 5.54. The van der Waals surface area contributed by atoms with E-state index in [0.717, 1.165) is 69.7 Å². The van der Waals surface area contributed by atoms with Crippen LogP contribution in [0.4, 0.5) is 0 Å². The van der Waals surface area contributed by atoms with Crippen molar-refractivity contribution in [1.82, 2.24) is 30.3 Å². The van der Waals surface area contributed by atoms with Crippen molar-refractivity contribution in [3.05, 3.63) is 11.6 Å². The summed E-state index contributed by atoms with van der Waals surface area (Å²) in [5.41, 5.74) is 0. The van der Waals surface area contributed by atoms with E-state index in [1.807, 2.05) is 11.7 Å². The minimum atomic E-state index is 0. The van der Waals surface area contributed by atoms with E-state index in [1.165, 1.54) is 0 Å². The molecule has 154 valence electrons. The number of rotatable bonds is 5. The molecular formula is C18H34IN7O. The Hall–Kier alpha value is -0.940. The van der Waals surface area contributed by atoms with E-state index in [4.69, 9.17) is 4.74 Å². The molecule has 3 rings (SSSR count). The fourth-order valence-electron chi connectivity index (χ4n) is 3.77. The molecule has 2 aliphatic rings. The van der Waals surface area contributed by atoms with Gasteiger partial charge < -0.3 is 15.4 Å². The van der Waals surface area contributed by atoms with Gasteiger partial charge in [0, 0.05) is 51.1 Å². The number of guanidine groups is 1. The van der Waals surface area contributed by atoms with E-state index < -0.39 is 0 Å². The predicted octanol–water partition coefficient (Wildman–Crippen LogP) is 1.05. The molecule has 1 fully saturated rings. The Morgan fingerprint density at radius 3 is 2.96 bits per heavy atom. The number of aryl methyl sites for hydroxylation is 2. The highest BCUT2D eigenvalue weighted by molar-refractivity contribution is 14.0. The summed E-state index contributed by atoms with van der Waals surface area (Å²) < 4.78 is 7.58. The van der Waals surface area contributed by atoms with Crippen molar-refractivity contribution in [1.29, 1.82) is 0 Å². The molecule has 9 heteroatoms. The largest absolute Gasteiger partial charge is 0.379 e. The lowest BCUT2D eigenvalue weighted by Crippen LogP contribution is -2.54. The molecule has 1 aromatic rings. The first-order valence-corrected chi connectivity index (χ1v) is 9.84. The molecule has 0 aromatic carbocycles. The minimum Gasteiger partial charge on any atom is -0.379 e. The number of halogens is 1. The second-order valence-corrected chi connectivity index (χ2v) is 7.32. The summed E-state index contributed by atoms with van der Waals surface area (Å²) >= 11 is 0. The molecule has 3 atom stereocenters. The quantitative estimate of drug-likeness (QED) is 0.364. The van der Waals surface area contributed by atoms with Gasteiger partial charge in [0.25, 0.3) is 0 Å². The number of ether oxygens (including phenoxy) is 1. The Bertz CT molecular complexity index is 621. The van der Waals surface area contributed by atoms with E-state index in [1.54, 1.807) is 0 Å². The van der Waals surface area contributed by atoms with E-state index >= 15 is 0 Å². The van der Waals surface area contributed by atoms with Gasteiger partial charge >= 0.3 is 0 Å². The van der Waals surface area contributed by atoms with E-state index in [2.05, 4.69) is 51.4 Å². The SMILES string of the molecule is CCc1nc2n(n1)CC(NC(=NC)NCC(C)N1CCOCC1C)CC2.I. The smallest absolute Gasteiger partial charge is 0.191 e. The monoisotopic (exact) mass is 491 g/mol. The average molecular weight is 491 g/mol. The third-order valence-corrected chi connectivity index (χ3v) is 5.33. The molecule has 27 heavy (non-hydrogen) atoms. The molecular weight excluding hydrogens is 457 g/mol.